The second kappa shape index (κ2) is 7.99. The van der Waals surface area contributed by atoms with Gasteiger partial charge in [0.1, 0.15) is 0 Å². The van der Waals surface area contributed by atoms with Crippen LogP contribution in [0.25, 0.3) is 6.08 Å². The van der Waals surface area contributed by atoms with Crippen LogP contribution < -0.4 is 15.4 Å². The third-order valence-electron chi connectivity index (χ3n) is 4.01. The Morgan fingerprint density at radius 2 is 2.14 bits per heavy atom. The number of nitrogens with one attached hydrogen (secondary N) is 2. The average Bonchev–Trinajstić information content (AvgIpc) is 2.98. The number of carbonyl (C=O) groups excluding carboxylic acids is 1. The van der Waals surface area contributed by atoms with Gasteiger partial charge in [0.2, 0.25) is 5.75 Å². The fourth-order valence-electron chi connectivity index (χ4n) is 2.60. The van der Waals surface area contributed by atoms with E-state index in [1.807, 2.05) is 13.0 Å². The quantitative estimate of drug-likeness (QED) is 0.381. The molecule has 1 atom stereocenters. The number of nitro benzene ring substituents is 1. The van der Waals surface area contributed by atoms with Gasteiger partial charge >= 0.3 is 5.69 Å². The van der Waals surface area contributed by atoms with Crippen molar-refractivity contribution in [2.45, 2.75) is 12.4 Å². The molecule has 146 valence electrons. The van der Waals surface area contributed by atoms with Crippen molar-refractivity contribution in [3.63, 3.8) is 0 Å². The summed E-state index contributed by atoms with van der Waals surface area (Å²) in [5, 5.41) is 27.5. The standard InChI is InChI=1S/C18H16ClN3O5S/c1-9-3-4-11(19)8-12(9)20-18-21-17(24)15(28-18)7-10-5-13(22(25)26)16(23)14(6-10)27-2/h3-8,18,20,23H,1-2H3,(H,21,24)/b15-7-. The molecule has 0 spiro atoms. The summed E-state index contributed by atoms with van der Waals surface area (Å²) in [6.45, 7) is 1.92. The lowest BCUT2D eigenvalue weighted by atomic mass is 10.1. The first-order valence-corrected chi connectivity index (χ1v) is 9.31. The number of phenols is 1. The van der Waals surface area contributed by atoms with E-state index in [1.54, 1.807) is 12.1 Å². The van der Waals surface area contributed by atoms with Gasteiger partial charge in [-0.15, -0.1) is 0 Å². The van der Waals surface area contributed by atoms with Gasteiger partial charge in [0.15, 0.2) is 11.2 Å². The fraction of sp³-hybridized carbons (Fsp3) is 0.167. The predicted octanol–water partition coefficient (Wildman–Crippen LogP) is 3.87. The highest BCUT2D eigenvalue weighted by Gasteiger charge is 2.28. The van der Waals surface area contributed by atoms with Gasteiger partial charge in [-0.2, -0.15) is 0 Å². The number of anilines is 1. The largest absolute Gasteiger partial charge is 0.500 e. The number of halogens is 1. The van der Waals surface area contributed by atoms with E-state index in [0.29, 0.717) is 15.5 Å². The fourth-order valence-corrected chi connectivity index (χ4v) is 3.75. The minimum Gasteiger partial charge on any atom is -0.500 e. The van der Waals surface area contributed by atoms with E-state index in [1.165, 1.54) is 37.1 Å². The van der Waals surface area contributed by atoms with Crippen LogP contribution >= 0.6 is 23.4 Å². The molecule has 10 heteroatoms. The molecule has 1 aliphatic heterocycles. The van der Waals surface area contributed by atoms with Crippen molar-refractivity contribution < 1.29 is 19.6 Å². The summed E-state index contributed by atoms with van der Waals surface area (Å²) in [5.74, 6) is -0.931. The van der Waals surface area contributed by atoms with Gasteiger partial charge in [-0.05, 0) is 42.3 Å². The Bertz CT molecular complexity index is 995. The van der Waals surface area contributed by atoms with Crippen LogP contribution in [0.5, 0.6) is 11.5 Å². The van der Waals surface area contributed by atoms with E-state index in [4.69, 9.17) is 16.3 Å². The topological polar surface area (TPSA) is 114 Å². The zero-order valence-corrected chi connectivity index (χ0v) is 16.4. The summed E-state index contributed by atoms with van der Waals surface area (Å²) in [4.78, 5) is 23.1. The number of carbonyl (C=O) groups is 1. The molecule has 1 unspecified atom stereocenters. The van der Waals surface area contributed by atoms with Crippen molar-refractivity contribution >= 4 is 46.7 Å². The molecule has 1 aliphatic rings. The first-order chi connectivity index (χ1) is 13.3. The minimum absolute atomic E-state index is 0.0475. The monoisotopic (exact) mass is 421 g/mol. The summed E-state index contributed by atoms with van der Waals surface area (Å²) in [7, 11) is 1.29. The molecule has 1 saturated heterocycles. The van der Waals surface area contributed by atoms with E-state index in [-0.39, 0.29) is 11.7 Å². The first kappa shape index (κ1) is 19.8. The molecule has 8 nitrogen and oxygen atoms in total. The maximum absolute atomic E-state index is 12.3. The maximum atomic E-state index is 12.3. The Hall–Kier alpha value is -2.91. The third-order valence-corrected chi connectivity index (χ3v) is 5.27. The molecule has 1 fully saturated rings. The van der Waals surface area contributed by atoms with E-state index in [9.17, 15) is 20.0 Å². The molecule has 1 amide bonds. The van der Waals surface area contributed by atoms with E-state index >= 15 is 0 Å². The molecule has 2 aromatic rings. The van der Waals surface area contributed by atoms with E-state index < -0.39 is 21.9 Å². The number of phenolic OH excluding ortho intramolecular Hbond substituents is 1. The highest BCUT2D eigenvalue weighted by atomic mass is 35.5. The third kappa shape index (κ3) is 4.15. The Balaban J connectivity index is 1.85. The molecule has 0 aromatic heterocycles. The number of thioether (sulfide) groups is 1. The molecule has 2 aromatic carbocycles. The van der Waals surface area contributed by atoms with Crippen molar-refractivity contribution in [3.8, 4) is 11.5 Å². The van der Waals surface area contributed by atoms with Crippen LogP contribution in [-0.2, 0) is 4.79 Å². The maximum Gasteiger partial charge on any atom is 0.315 e. The summed E-state index contributed by atoms with van der Waals surface area (Å²) < 4.78 is 4.98. The van der Waals surface area contributed by atoms with Crippen molar-refractivity contribution in [1.29, 1.82) is 0 Å². The van der Waals surface area contributed by atoms with Gasteiger partial charge in [-0.3, -0.25) is 14.9 Å². The Morgan fingerprint density at radius 3 is 2.82 bits per heavy atom. The van der Waals surface area contributed by atoms with Gasteiger partial charge < -0.3 is 20.5 Å². The highest BCUT2D eigenvalue weighted by Crippen LogP contribution is 2.39. The Kier molecular flexibility index (Phi) is 5.66. The second-order valence-corrected chi connectivity index (χ2v) is 7.51. The van der Waals surface area contributed by atoms with Crippen molar-refractivity contribution in [2.24, 2.45) is 0 Å². The first-order valence-electron chi connectivity index (χ1n) is 8.06. The van der Waals surface area contributed by atoms with Gasteiger partial charge in [0.25, 0.3) is 5.91 Å². The van der Waals surface area contributed by atoms with Crippen LogP contribution in [0, 0.1) is 17.0 Å². The van der Waals surface area contributed by atoms with Crippen LogP contribution in [0.1, 0.15) is 11.1 Å². The molecule has 3 rings (SSSR count). The smallest absolute Gasteiger partial charge is 0.315 e. The van der Waals surface area contributed by atoms with Crippen LogP contribution in [-0.4, -0.2) is 28.5 Å². The highest BCUT2D eigenvalue weighted by molar-refractivity contribution is 8.05. The number of rotatable bonds is 5. The molecule has 3 N–H and O–H groups in total. The van der Waals surface area contributed by atoms with Gasteiger partial charge in [0, 0.05) is 16.8 Å². The van der Waals surface area contributed by atoms with Crippen molar-refractivity contribution in [1.82, 2.24) is 5.32 Å². The zero-order valence-electron chi connectivity index (χ0n) is 14.9. The average molecular weight is 422 g/mol. The lowest BCUT2D eigenvalue weighted by Crippen LogP contribution is -2.31. The molecule has 0 bridgehead atoms. The van der Waals surface area contributed by atoms with Gasteiger partial charge in [-0.1, -0.05) is 29.4 Å². The molecule has 1 heterocycles. The zero-order chi connectivity index (χ0) is 20.4. The minimum atomic E-state index is -0.714. The number of methoxy groups -OCH3 is 1. The molecule has 0 saturated carbocycles. The Labute approximate surface area is 169 Å². The SMILES string of the molecule is COc1cc(/C=C2\SC(Nc3cc(Cl)ccc3C)NC2=O)cc([N+](=O)[O-])c1O. The lowest BCUT2D eigenvalue weighted by Gasteiger charge is -2.15. The number of hydrogen-bond donors (Lipinski definition) is 3. The van der Waals surface area contributed by atoms with Crippen molar-refractivity contribution in [3.05, 3.63) is 61.5 Å². The molecular weight excluding hydrogens is 406 g/mol. The van der Waals surface area contributed by atoms with Crippen molar-refractivity contribution in [2.75, 3.05) is 12.4 Å². The molecule has 0 radical (unpaired) electrons. The van der Waals surface area contributed by atoms with Gasteiger partial charge in [0.05, 0.1) is 16.9 Å². The number of aromatic hydroxyl groups is 1. The number of ether oxygens (including phenoxy) is 1. The second-order valence-electron chi connectivity index (χ2n) is 5.93. The molecule has 0 aliphatic carbocycles. The van der Waals surface area contributed by atoms with E-state index in [0.717, 1.165) is 11.3 Å². The van der Waals surface area contributed by atoms with Crippen LogP contribution in [0.2, 0.25) is 5.02 Å². The number of benzene rings is 2. The number of nitrogens with zero attached hydrogens (tertiary/aromatic N) is 1. The lowest BCUT2D eigenvalue weighted by molar-refractivity contribution is -0.386. The number of nitro groups is 1. The van der Waals surface area contributed by atoms with Crippen LogP contribution in [0.15, 0.2) is 35.2 Å². The predicted molar refractivity (Wildman–Crippen MR) is 109 cm³/mol. The normalized spacial score (nSPS) is 17.5. The van der Waals surface area contributed by atoms with E-state index in [2.05, 4.69) is 10.6 Å². The van der Waals surface area contributed by atoms with Crippen LogP contribution in [0.3, 0.4) is 0 Å². The number of aryl methyl sites for hydroxylation is 1. The number of amides is 1. The summed E-state index contributed by atoms with van der Waals surface area (Å²) in [6, 6.07) is 8.01. The van der Waals surface area contributed by atoms with Crippen LogP contribution in [0.4, 0.5) is 11.4 Å². The summed E-state index contributed by atoms with van der Waals surface area (Å²) in [6.07, 6.45) is 1.50. The molecule has 28 heavy (non-hydrogen) atoms. The summed E-state index contributed by atoms with van der Waals surface area (Å²) in [5.41, 5.74) is 1.19. The summed E-state index contributed by atoms with van der Waals surface area (Å²) >= 11 is 7.24. The molecular formula is C18H16ClN3O5S. The Morgan fingerprint density at radius 1 is 1.39 bits per heavy atom. The van der Waals surface area contributed by atoms with Gasteiger partial charge in [-0.25, -0.2) is 0 Å². The number of hydrogen-bond acceptors (Lipinski definition) is 7.